The van der Waals surface area contributed by atoms with Crippen LogP contribution in [0.2, 0.25) is 0 Å². The predicted molar refractivity (Wildman–Crippen MR) is 92.1 cm³/mol. The van der Waals surface area contributed by atoms with Crippen LogP contribution in [0.15, 0.2) is 23.1 Å². The van der Waals surface area contributed by atoms with Gasteiger partial charge in [0.2, 0.25) is 10.0 Å². The normalized spacial score (nSPS) is 17.6. The lowest BCUT2D eigenvalue weighted by Crippen LogP contribution is -2.44. The fourth-order valence-electron chi connectivity index (χ4n) is 2.78. The van der Waals surface area contributed by atoms with Crippen LogP contribution in [0, 0.1) is 11.6 Å². The number of ether oxygens (including phenoxy) is 1. The van der Waals surface area contributed by atoms with E-state index >= 15 is 0 Å². The van der Waals surface area contributed by atoms with Gasteiger partial charge in [-0.05, 0) is 44.4 Å². The summed E-state index contributed by atoms with van der Waals surface area (Å²) in [6.45, 7) is 1.88. The third-order valence-electron chi connectivity index (χ3n) is 4.30. The first-order chi connectivity index (χ1) is 12.7. The fourth-order valence-corrected chi connectivity index (χ4v) is 3.82. The number of benzene rings is 1. The van der Waals surface area contributed by atoms with Crippen LogP contribution in [0.1, 0.15) is 32.6 Å². The van der Waals surface area contributed by atoms with Gasteiger partial charge in [0.05, 0.1) is 11.3 Å². The van der Waals surface area contributed by atoms with E-state index < -0.39 is 32.5 Å². The van der Waals surface area contributed by atoms with Crippen molar-refractivity contribution in [3.8, 4) is 0 Å². The number of amides is 1. The Kier molecular flexibility index (Phi) is 7.25. The van der Waals surface area contributed by atoms with Gasteiger partial charge in [0, 0.05) is 19.1 Å². The molecule has 1 heterocycles. The zero-order valence-electron chi connectivity index (χ0n) is 14.9. The van der Waals surface area contributed by atoms with Crippen LogP contribution in [0.25, 0.3) is 0 Å². The summed E-state index contributed by atoms with van der Waals surface area (Å²) >= 11 is 0. The summed E-state index contributed by atoms with van der Waals surface area (Å²) in [5, 5.41) is 0. The maximum absolute atomic E-state index is 13.1. The van der Waals surface area contributed by atoms with Gasteiger partial charge in [-0.15, -0.1) is 0 Å². The number of hydrogen-bond donors (Lipinski definition) is 1. The molecule has 0 radical (unpaired) electrons. The number of halogens is 2. The van der Waals surface area contributed by atoms with Gasteiger partial charge in [0.25, 0.3) is 5.91 Å². The van der Waals surface area contributed by atoms with Crippen molar-refractivity contribution in [2.45, 2.75) is 43.5 Å². The molecular formula is C17H22F2N2O5S. The zero-order chi connectivity index (χ0) is 20.0. The molecule has 0 aliphatic carbocycles. The molecule has 1 aliphatic rings. The highest BCUT2D eigenvalue weighted by atomic mass is 32.2. The van der Waals surface area contributed by atoms with Crippen molar-refractivity contribution < 1.29 is 31.5 Å². The molecule has 150 valence electrons. The number of carbonyl (C=O) groups is 2. The van der Waals surface area contributed by atoms with E-state index in [0.717, 1.165) is 25.3 Å². The Morgan fingerprint density at radius 3 is 2.67 bits per heavy atom. The van der Waals surface area contributed by atoms with Crippen LogP contribution in [0.3, 0.4) is 0 Å². The molecule has 10 heteroatoms. The standard InChI is InChI=1S/C17H22F2N2O5S/c1-12-4-2-3-9-21(12)16(22)11-26-17(23)7-8-20-27(24,25)13-5-6-14(18)15(19)10-13/h5-6,10,12,20H,2-4,7-9,11H2,1H3. The van der Waals surface area contributed by atoms with Gasteiger partial charge in [-0.3, -0.25) is 9.59 Å². The second kappa shape index (κ2) is 9.23. The molecule has 1 amide bonds. The van der Waals surface area contributed by atoms with Gasteiger partial charge in [0.1, 0.15) is 0 Å². The van der Waals surface area contributed by atoms with Crippen molar-refractivity contribution in [2.24, 2.45) is 0 Å². The van der Waals surface area contributed by atoms with E-state index in [1.165, 1.54) is 0 Å². The second-order valence-corrected chi connectivity index (χ2v) is 8.08. The maximum atomic E-state index is 13.1. The molecular weight excluding hydrogens is 382 g/mol. The Labute approximate surface area is 156 Å². The number of likely N-dealkylation sites (tertiary alicyclic amines) is 1. The molecule has 1 unspecified atom stereocenters. The van der Waals surface area contributed by atoms with E-state index in [1.54, 1.807) is 4.90 Å². The zero-order valence-corrected chi connectivity index (χ0v) is 15.7. The lowest BCUT2D eigenvalue weighted by atomic mass is 10.0. The van der Waals surface area contributed by atoms with Crippen LogP contribution in [0.4, 0.5) is 8.78 Å². The first-order valence-electron chi connectivity index (χ1n) is 8.60. The van der Waals surface area contributed by atoms with Gasteiger partial charge in [-0.1, -0.05) is 0 Å². The Hall–Kier alpha value is -2.07. The first kappa shape index (κ1) is 21.2. The molecule has 1 atom stereocenters. The molecule has 7 nitrogen and oxygen atoms in total. The van der Waals surface area contributed by atoms with E-state index in [1.807, 2.05) is 6.92 Å². The van der Waals surface area contributed by atoms with E-state index in [9.17, 15) is 26.8 Å². The van der Waals surface area contributed by atoms with Gasteiger partial charge in [-0.25, -0.2) is 21.9 Å². The van der Waals surface area contributed by atoms with Crippen molar-refractivity contribution in [3.63, 3.8) is 0 Å². The Morgan fingerprint density at radius 2 is 2.00 bits per heavy atom. The SMILES string of the molecule is CC1CCCCN1C(=O)COC(=O)CCNS(=O)(=O)c1ccc(F)c(F)c1. The summed E-state index contributed by atoms with van der Waals surface area (Å²) in [5.41, 5.74) is 0. The van der Waals surface area contributed by atoms with Crippen LogP contribution < -0.4 is 4.72 Å². The number of esters is 1. The Balaban J connectivity index is 1.76. The molecule has 1 saturated heterocycles. The highest BCUT2D eigenvalue weighted by molar-refractivity contribution is 7.89. The van der Waals surface area contributed by atoms with E-state index in [4.69, 9.17) is 4.74 Å². The monoisotopic (exact) mass is 404 g/mol. The van der Waals surface area contributed by atoms with Crippen molar-refractivity contribution in [1.29, 1.82) is 0 Å². The predicted octanol–water partition coefficient (Wildman–Crippen LogP) is 1.58. The Bertz CT molecular complexity index is 801. The number of nitrogens with one attached hydrogen (secondary N) is 1. The molecule has 0 saturated carbocycles. The molecule has 27 heavy (non-hydrogen) atoms. The van der Waals surface area contributed by atoms with Crippen molar-refractivity contribution >= 4 is 21.9 Å². The van der Waals surface area contributed by atoms with Crippen molar-refractivity contribution in [1.82, 2.24) is 9.62 Å². The number of hydrogen-bond acceptors (Lipinski definition) is 5. The largest absolute Gasteiger partial charge is 0.456 e. The molecule has 1 aromatic rings. The van der Waals surface area contributed by atoms with E-state index in [-0.39, 0.29) is 31.5 Å². The van der Waals surface area contributed by atoms with E-state index in [2.05, 4.69) is 4.72 Å². The summed E-state index contributed by atoms with van der Waals surface area (Å²) in [4.78, 5) is 25.0. The molecule has 0 aromatic heterocycles. The average Bonchev–Trinajstić information content (AvgIpc) is 2.62. The number of rotatable bonds is 7. The summed E-state index contributed by atoms with van der Waals surface area (Å²) in [6, 6.07) is 2.27. The molecule has 2 rings (SSSR count). The lowest BCUT2D eigenvalue weighted by Gasteiger charge is -2.33. The van der Waals surface area contributed by atoms with Crippen LogP contribution in [0.5, 0.6) is 0 Å². The minimum absolute atomic E-state index is 0.105. The molecule has 0 spiro atoms. The minimum atomic E-state index is -4.09. The molecule has 0 bridgehead atoms. The molecule has 1 aromatic carbocycles. The fraction of sp³-hybridized carbons (Fsp3) is 0.529. The summed E-state index contributed by atoms with van der Waals surface area (Å²) in [7, 11) is -4.09. The highest BCUT2D eigenvalue weighted by Crippen LogP contribution is 2.16. The number of nitrogens with zero attached hydrogens (tertiary/aromatic N) is 1. The van der Waals surface area contributed by atoms with Crippen LogP contribution in [-0.4, -0.2) is 50.9 Å². The Morgan fingerprint density at radius 1 is 1.26 bits per heavy atom. The number of piperidine rings is 1. The molecule has 1 N–H and O–H groups in total. The summed E-state index contributed by atoms with van der Waals surface area (Å²) in [5.74, 6) is -3.47. The van der Waals surface area contributed by atoms with Gasteiger partial charge in [0.15, 0.2) is 18.2 Å². The topological polar surface area (TPSA) is 92.8 Å². The first-order valence-corrected chi connectivity index (χ1v) is 10.1. The third-order valence-corrected chi connectivity index (χ3v) is 5.76. The third kappa shape index (κ3) is 5.96. The smallest absolute Gasteiger partial charge is 0.307 e. The highest BCUT2D eigenvalue weighted by Gasteiger charge is 2.24. The second-order valence-electron chi connectivity index (χ2n) is 6.32. The molecule has 1 aliphatic heterocycles. The average molecular weight is 404 g/mol. The number of sulfonamides is 1. The lowest BCUT2D eigenvalue weighted by molar-refractivity contribution is -0.153. The minimum Gasteiger partial charge on any atom is -0.456 e. The van der Waals surface area contributed by atoms with Gasteiger partial charge >= 0.3 is 5.97 Å². The van der Waals surface area contributed by atoms with Crippen LogP contribution >= 0.6 is 0 Å². The summed E-state index contributed by atoms with van der Waals surface area (Å²) in [6.07, 6.45) is 2.58. The molecule has 1 fully saturated rings. The number of carbonyl (C=O) groups excluding carboxylic acids is 2. The van der Waals surface area contributed by atoms with Crippen LogP contribution in [-0.2, 0) is 24.3 Å². The van der Waals surface area contributed by atoms with E-state index in [0.29, 0.717) is 18.7 Å². The van der Waals surface area contributed by atoms with Gasteiger partial charge < -0.3 is 9.64 Å². The maximum Gasteiger partial charge on any atom is 0.307 e. The van der Waals surface area contributed by atoms with Gasteiger partial charge in [-0.2, -0.15) is 0 Å². The quantitative estimate of drug-likeness (QED) is 0.697. The summed E-state index contributed by atoms with van der Waals surface area (Å²) < 4.78 is 56.9. The van der Waals surface area contributed by atoms with Crippen molar-refractivity contribution in [2.75, 3.05) is 19.7 Å². The van der Waals surface area contributed by atoms with Crippen molar-refractivity contribution in [3.05, 3.63) is 29.8 Å².